The lowest BCUT2D eigenvalue weighted by atomic mass is 9.95. The lowest BCUT2D eigenvalue weighted by Crippen LogP contribution is -2.31. The highest BCUT2D eigenvalue weighted by Crippen LogP contribution is 2.42. The summed E-state index contributed by atoms with van der Waals surface area (Å²) >= 11 is 1.80. The minimum atomic E-state index is 0.296. The number of aromatic hydroxyl groups is 1. The maximum Gasteiger partial charge on any atom is 0.115 e. The first-order valence-corrected chi connectivity index (χ1v) is 9.45. The van der Waals surface area contributed by atoms with Gasteiger partial charge in [0.2, 0.25) is 0 Å². The second kappa shape index (κ2) is 6.81. The summed E-state index contributed by atoms with van der Waals surface area (Å²) < 4.78 is 0. The zero-order chi connectivity index (χ0) is 16.4. The van der Waals surface area contributed by atoms with Gasteiger partial charge >= 0.3 is 0 Å². The van der Waals surface area contributed by atoms with Crippen molar-refractivity contribution >= 4 is 23.1 Å². The molecule has 0 unspecified atom stereocenters. The molecule has 2 aromatic rings. The van der Waals surface area contributed by atoms with E-state index in [0.29, 0.717) is 11.8 Å². The Balaban J connectivity index is 1.68. The van der Waals surface area contributed by atoms with Gasteiger partial charge in [-0.1, -0.05) is 43.2 Å². The first-order valence-electron chi connectivity index (χ1n) is 8.64. The van der Waals surface area contributed by atoms with Crippen molar-refractivity contribution < 1.29 is 5.11 Å². The lowest BCUT2D eigenvalue weighted by Gasteiger charge is -2.30. The molecule has 4 heteroatoms. The fourth-order valence-electron chi connectivity index (χ4n) is 3.38. The van der Waals surface area contributed by atoms with Gasteiger partial charge in [-0.2, -0.15) is 0 Å². The average Bonchev–Trinajstić information content (AvgIpc) is 2.63. The molecular weight excluding hydrogens is 316 g/mol. The number of anilines is 1. The van der Waals surface area contributed by atoms with E-state index < -0.39 is 0 Å². The van der Waals surface area contributed by atoms with Crippen LogP contribution in [0.4, 0.5) is 5.69 Å². The Morgan fingerprint density at radius 2 is 1.71 bits per heavy atom. The molecule has 24 heavy (non-hydrogen) atoms. The third-order valence-corrected chi connectivity index (χ3v) is 5.78. The summed E-state index contributed by atoms with van der Waals surface area (Å²) in [6.45, 7) is 0. The maximum absolute atomic E-state index is 9.58. The van der Waals surface area contributed by atoms with Gasteiger partial charge in [0.25, 0.3) is 0 Å². The SMILES string of the molecule is Oc1ccc(C2=C(NC3CCCCC3)Sc3ccccc3N2)cc1. The zero-order valence-corrected chi connectivity index (χ0v) is 14.4. The summed E-state index contributed by atoms with van der Waals surface area (Å²) in [7, 11) is 0. The van der Waals surface area contributed by atoms with Gasteiger partial charge in [-0.25, -0.2) is 0 Å². The smallest absolute Gasteiger partial charge is 0.115 e. The highest BCUT2D eigenvalue weighted by atomic mass is 32.2. The maximum atomic E-state index is 9.58. The van der Waals surface area contributed by atoms with Crippen LogP contribution >= 0.6 is 11.8 Å². The molecule has 2 aliphatic rings. The van der Waals surface area contributed by atoms with Gasteiger partial charge in [0.05, 0.1) is 16.4 Å². The number of phenols is 1. The van der Waals surface area contributed by atoms with Crippen LogP contribution in [0, 0.1) is 0 Å². The summed E-state index contributed by atoms with van der Waals surface area (Å²) in [5.74, 6) is 0.296. The molecule has 0 saturated heterocycles. The van der Waals surface area contributed by atoms with Crippen molar-refractivity contribution in [2.45, 2.75) is 43.0 Å². The van der Waals surface area contributed by atoms with Crippen molar-refractivity contribution in [2.75, 3.05) is 5.32 Å². The van der Waals surface area contributed by atoms with E-state index in [4.69, 9.17) is 0 Å². The Kier molecular flexibility index (Phi) is 4.39. The molecule has 3 nitrogen and oxygen atoms in total. The highest BCUT2D eigenvalue weighted by molar-refractivity contribution is 8.03. The Bertz CT molecular complexity index is 748. The quantitative estimate of drug-likeness (QED) is 0.723. The van der Waals surface area contributed by atoms with Crippen molar-refractivity contribution in [1.82, 2.24) is 5.32 Å². The van der Waals surface area contributed by atoms with Crippen LogP contribution in [0.5, 0.6) is 5.75 Å². The fourth-order valence-corrected chi connectivity index (χ4v) is 4.47. The standard InChI is InChI=1S/C20H22N2OS/c23-16-12-10-14(11-13-16)19-20(21-15-6-2-1-3-7-15)24-18-9-5-4-8-17(18)22-19/h4-5,8-13,15,21-23H,1-3,6-7H2. The van der Waals surface area contributed by atoms with Crippen LogP contribution in [0.1, 0.15) is 37.7 Å². The monoisotopic (exact) mass is 338 g/mol. The van der Waals surface area contributed by atoms with Gasteiger partial charge in [-0.15, -0.1) is 0 Å². The van der Waals surface area contributed by atoms with Crippen LogP contribution in [0.25, 0.3) is 5.70 Å². The van der Waals surface area contributed by atoms with Crippen molar-refractivity contribution in [3.05, 3.63) is 59.1 Å². The number of benzene rings is 2. The number of para-hydroxylation sites is 1. The van der Waals surface area contributed by atoms with Crippen molar-refractivity contribution in [1.29, 1.82) is 0 Å². The first-order chi connectivity index (χ1) is 11.8. The molecule has 124 valence electrons. The van der Waals surface area contributed by atoms with E-state index in [-0.39, 0.29) is 0 Å². The number of hydrogen-bond acceptors (Lipinski definition) is 4. The van der Waals surface area contributed by atoms with Gasteiger partial charge in [0, 0.05) is 16.5 Å². The van der Waals surface area contributed by atoms with E-state index in [9.17, 15) is 5.11 Å². The van der Waals surface area contributed by atoms with E-state index in [2.05, 4.69) is 34.9 Å². The number of phenolic OH excluding ortho intramolecular Hbond substituents is 1. The van der Waals surface area contributed by atoms with E-state index in [0.717, 1.165) is 16.9 Å². The zero-order valence-electron chi connectivity index (χ0n) is 13.6. The third-order valence-electron chi connectivity index (χ3n) is 4.68. The predicted octanol–water partition coefficient (Wildman–Crippen LogP) is 5.16. The van der Waals surface area contributed by atoms with Crippen LogP contribution in [0.3, 0.4) is 0 Å². The first kappa shape index (κ1) is 15.5. The molecule has 0 radical (unpaired) electrons. The summed E-state index contributed by atoms with van der Waals surface area (Å²) in [4.78, 5) is 1.25. The summed E-state index contributed by atoms with van der Waals surface area (Å²) in [6.07, 6.45) is 6.47. The predicted molar refractivity (Wildman–Crippen MR) is 101 cm³/mol. The molecule has 1 aliphatic heterocycles. The minimum Gasteiger partial charge on any atom is -0.508 e. The largest absolute Gasteiger partial charge is 0.508 e. The van der Waals surface area contributed by atoms with Gasteiger partial charge in [0.1, 0.15) is 5.75 Å². The van der Waals surface area contributed by atoms with Gasteiger partial charge < -0.3 is 15.7 Å². The molecule has 0 bridgehead atoms. The molecule has 0 atom stereocenters. The fraction of sp³-hybridized carbons (Fsp3) is 0.300. The molecule has 1 fully saturated rings. The van der Waals surface area contributed by atoms with Crippen molar-refractivity contribution in [3.63, 3.8) is 0 Å². The molecule has 1 aliphatic carbocycles. The molecule has 0 spiro atoms. The van der Waals surface area contributed by atoms with Gasteiger partial charge in [0.15, 0.2) is 0 Å². The summed E-state index contributed by atoms with van der Waals surface area (Å²) in [6, 6.07) is 16.4. The Morgan fingerprint density at radius 1 is 0.958 bits per heavy atom. The topological polar surface area (TPSA) is 44.3 Å². The number of nitrogens with one attached hydrogen (secondary N) is 2. The van der Waals surface area contributed by atoms with Crippen molar-refractivity contribution in [2.24, 2.45) is 0 Å². The normalized spacial score (nSPS) is 18.0. The van der Waals surface area contributed by atoms with E-state index >= 15 is 0 Å². The second-order valence-electron chi connectivity index (χ2n) is 6.45. The lowest BCUT2D eigenvalue weighted by molar-refractivity contribution is 0.402. The number of thioether (sulfide) groups is 1. The molecule has 1 saturated carbocycles. The number of fused-ring (bicyclic) bond motifs is 1. The Morgan fingerprint density at radius 3 is 2.50 bits per heavy atom. The second-order valence-corrected chi connectivity index (χ2v) is 7.51. The van der Waals surface area contributed by atoms with Crippen LogP contribution in [-0.2, 0) is 0 Å². The molecule has 2 aromatic carbocycles. The van der Waals surface area contributed by atoms with E-state index in [1.54, 1.807) is 23.9 Å². The Labute approximate surface area is 147 Å². The van der Waals surface area contributed by atoms with Gasteiger partial charge in [-0.05, 0) is 49.2 Å². The number of hydrogen-bond donors (Lipinski definition) is 3. The molecule has 0 aromatic heterocycles. The summed E-state index contributed by atoms with van der Waals surface area (Å²) in [5, 5.41) is 18.1. The highest BCUT2D eigenvalue weighted by Gasteiger charge is 2.22. The Hall–Kier alpha value is -2.07. The van der Waals surface area contributed by atoms with Crippen LogP contribution in [0.2, 0.25) is 0 Å². The van der Waals surface area contributed by atoms with Gasteiger partial charge in [-0.3, -0.25) is 0 Å². The van der Waals surface area contributed by atoms with Crippen LogP contribution < -0.4 is 10.6 Å². The molecule has 0 amide bonds. The number of rotatable bonds is 3. The van der Waals surface area contributed by atoms with Crippen LogP contribution in [0.15, 0.2) is 58.5 Å². The molecule has 1 heterocycles. The summed E-state index contributed by atoms with van der Waals surface area (Å²) in [5.41, 5.74) is 3.33. The average molecular weight is 338 g/mol. The van der Waals surface area contributed by atoms with Crippen molar-refractivity contribution in [3.8, 4) is 5.75 Å². The molecule has 4 rings (SSSR count). The third kappa shape index (κ3) is 3.24. The van der Waals surface area contributed by atoms with E-state index in [1.165, 1.54) is 42.0 Å². The molecular formula is C20H22N2OS. The minimum absolute atomic E-state index is 0.296. The van der Waals surface area contributed by atoms with Crippen LogP contribution in [-0.4, -0.2) is 11.1 Å². The molecule has 3 N–H and O–H groups in total. The van der Waals surface area contributed by atoms with E-state index in [1.807, 2.05) is 12.1 Å².